The third-order valence-electron chi connectivity index (χ3n) is 5.77. The fourth-order valence-corrected chi connectivity index (χ4v) is 5.34. The van der Waals surface area contributed by atoms with E-state index in [2.05, 4.69) is 5.32 Å². The number of nitrogens with zero attached hydrogens (tertiary/aromatic N) is 2. The van der Waals surface area contributed by atoms with E-state index in [1.807, 2.05) is 4.90 Å². The Hall–Kier alpha value is -3.63. The maximum Gasteiger partial charge on any atom is 0.255 e. The topological polar surface area (TPSA) is 88.2 Å². The summed E-state index contributed by atoms with van der Waals surface area (Å²) >= 11 is 0. The molecule has 1 N–H and O–H groups in total. The molecule has 3 aromatic rings. The van der Waals surface area contributed by atoms with Crippen molar-refractivity contribution >= 4 is 27.3 Å². The van der Waals surface area contributed by atoms with Crippen LogP contribution in [-0.2, 0) is 10.0 Å². The Morgan fingerprint density at radius 1 is 0.886 bits per heavy atom. The maximum absolute atomic E-state index is 13.3. The number of carbonyl (C=O) groups excluding carboxylic acids is 1. The van der Waals surface area contributed by atoms with Crippen molar-refractivity contribution in [2.24, 2.45) is 0 Å². The highest BCUT2D eigenvalue weighted by Crippen LogP contribution is 2.27. The van der Waals surface area contributed by atoms with E-state index in [0.29, 0.717) is 30.3 Å². The number of hydrogen-bond donors (Lipinski definition) is 1. The van der Waals surface area contributed by atoms with Crippen molar-refractivity contribution in [3.8, 4) is 11.5 Å². The zero-order valence-corrected chi connectivity index (χ0v) is 20.2. The Kier molecular flexibility index (Phi) is 7.23. The summed E-state index contributed by atoms with van der Waals surface area (Å²) in [6, 6.07) is 17.0. The smallest absolute Gasteiger partial charge is 0.255 e. The van der Waals surface area contributed by atoms with E-state index in [9.17, 15) is 17.6 Å². The van der Waals surface area contributed by atoms with Crippen molar-refractivity contribution in [2.75, 3.05) is 50.6 Å². The lowest BCUT2D eigenvalue weighted by Gasteiger charge is -2.35. The molecule has 0 bridgehead atoms. The van der Waals surface area contributed by atoms with Gasteiger partial charge >= 0.3 is 0 Å². The molecule has 0 aliphatic carbocycles. The average molecular weight is 500 g/mol. The first-order valence-corrected chi connectivity index (χ1v) is 12.4. The molecule has 8 nitrogen and oxygen atoms in total. The number of ether oxygens (including phenoxy) is 2. The lowest BCUT2D eigenvalue weighted by molar-refractivity contribution is 0.102. The molecule has 0 radical (unpaired) electrons. The Morgan fingerprint density at radius 2 is 1.51 bits per heavy atom. The van der Waals surface area contributed by atoms with Gasteiger partial charge in [-0.25, -0.2) is 12.8 Å². The number of hydrogen-bond acceptors (Lipinski definition) is 6. The second-order valence-electron chi connectivity index (χ2n) is 7.95. The van der Waals surface area contributed by atoms with Gasteiger partial charge in [-0.1, -0.05) is 6.07 Å². The number of carbonyl (C=O) groups is 1. The van der Waals surface area contributed by atoms with Gasteiger partial charge in [-0.2, -0.15) is 4.31 Å². The predicted octanol–water partition coefficient (Wildman–Crippen LogP) is 3.61. The Bertz CT molecular complexity index is 1280. The zero-order chi connectivity index (χ0) is 25.0. The van der Waals surface area contributed by atoms with Crippen LogP contribution in [0.15, 0.2) is 71.6 Å². The first-order chi connectivity index (χ1) is 16.8. The molecular formula is C25H26FN3O5S. The molecule has 4 rings (SSSR count). The molecule has 0 saturated carbocycles. The standard InChI is InChI=1S/C25H26FN3O5S/c1-33-22-15-20(16-23(17-22)34-2)27-25(30)18-4-3-5-24(14-18)35(31,32)29-12-10-28(11-13-29)21-8-6-19(26)7-9-21/h3-9,14-17H,10-13H2,1-2H3,(H,27,30). The van der Waals surface area contributed by atoms with Crippen LogP contribution in [0.3, 0.4) is 0 Å². The number of amides is 1. The van der Waals surface area contributed by atoms with Crippen molar-refractivity contribution in [2.45, 2.75) is 4.90 Å². The Balaban J connectivity index is 1.47. The van der Waals surface area contributed by atoms with Gasteiger partial charge in [0.05, 0.1) is 19.1 Å². The summed E-state index contributed by atoms with van der Waals surface area (Å²) in [5.41, 5.74) is 1.51. The van der Waals surface area contributed by atoms with Gasteiger partial charge in [-0.3, -0.25) is 4.79 Å². The van der Waals surface area contributed by atoms with Gasteiger partial charge in [0.25, 0.3) is 5.91 Å². The molecule has 0 unspecified atom stereocenters. The number of halogens is 1. The molecular weight excluding hydrogens is 473 g/mol. The lowest BCUT2D eigenvalue weighted by atomic mass is 10.2. The molecule has 1 amide bonds. The van der Waals surface area contributed by atoms with E-state index in [0.717, 1.165) is 5.69 Å². The van der Waals surface area contributed by atoms with Gasteiger partial charge in [0.15, 0.2) is 0 Å². The van der Waals surface area contributed by atoms with Crippen LogP contribution in [0.4, 0.5) is 15.8 Å². The minimum absolute atomic E-state index is 0.0450. The molecule has 1 fully saturated rings. The molecule has 35 heavy (non-hydrogen) atoms. The zero-order valence-electron chi connectivity index (χ0n) is 19.4. The molecule has 3 aromatic carbocycles. The third-order valence-corrected chi connectivity index (χ3v) is 7.67. The van der Waals surface area contributed by atoms with Crippen LogP contribution in [0.2, 0.25) is 0 Å². The third kappa shape index (κ3) is 5.55. The summed E-state index contributed by atoms with van der Waals surface area (Å²) in [6.45, 7) is 1.50. The number of anilines is 2. The van der Waals surface area contributed by atoms with Gasteiger partial charge in [-0.05, 0) is 42.5 Å². The van der Waals surface area contributed by atoms with E-state index < -0.39 is 15.9 Å². The summed E-state index contributed by atoms with van der Waals surface area (Å²) in [4.78, 5) is 14.9. The van der Waals surface area contributed by atoms with E-state index in [-0.39, 0.29) is 29.4 Å². The number of piperazine rings is 1. The fourth-order valence-electron chi connectivity index (χ4n) is 3.87. The second-order valence-corrected chi connectivity index (χ2v) is 9.89. The van der Waals surface area contributed by atoms with Gasteiger partial charge in [0.1, 0.15) is 17.3 Å². The average Bonchev–Trinajstić information content (AvgIpc) is 2.89. The second kappa shape index (κ2) is 10.3. The Labute approximate surface area is 203 Å². The molecule has 0 spiro atoms. The first-order valence-electron chi connectivity index (χ1n) is 11.0. The molecule has 1 aliphatic heterocycles. The molecule has 184 valence electrons. The number of rotatable bonds is 7. The number of sulfonamides is 1. The van der Waals surface area contributed by atoms with Gasteiger partial charge in [-0.15, -0.1) is 0 Å². The summed E-state index contributed by atoms with van der Waals surface area (Å²) < 4.78 is 51.6. The van der Waals surface area contributed by atoms with Crippen LogP contribution >= 0.6 is 0 Å². The quantitative estimate of drug-likeness (QED) is 0.535. The van der Waals surface area contributed by atoms with Crippen molar-refractivity contribution in [1.29, 1.82) is 0 Å². The highest BCUT2D eigenvalue weighted by atomic mass is 32.2. The minimum atomic E-state index is -3.80. The van der Waals surface area contributed by atoms with Crippen LogP contribution in [0.5, 0.6) is 11.5 Å². The van der Waals surface area contributed by atoms with E-state index in [1.54, 1.807) is 42.5 Å². The minimum Gasteiger partial charge on any atom is -0.497 e. The van der Waals surface area contributed by atoms with Crippen molar-refractivity contribution in [1.82, 2.24) is 4.31 Å². The molecule has 0 atom stereocenters. The highest BCUT2D eigenvalue weighted by Gasteiger charge is 2.29. The molecule has 1 saturated heterocycles. The van der Waals surface area contributed by atoms with Gasteiger partial charge in [0.2, 0.25) is 10.0 Å². The van der Waals surface area contributed by atoms with Crippen LogP contribution in [0.25, 0.3) is 0 Å². The summed E-state index contributed by atoms with van der Waals surface area (Å²) in [5, 5.41) is 2.75. The van der Waals surface area contributed by atoms with E-state index >= 15 is 0 Å². The molecule has 1 heterocycles. The monoisotopic (exact) mass is 499 g/mol. The van der Waals surface area contributed by atoms with Gasteiger partial charge < -0.3 is 19.7 Å². The summed E-state index contributed by atoms with van der Waals surface area (Å²) in [7, 11) is -0.782. The molecule has 0 aromatic heterocycles. The summed E-state index contributed by atoms with van der Waals surface area (Å²) in [6.07, 6.45) is 0. The van der Waals surface area contributed by atoms with E-state index in [1.165, 1.54) is 42.8 Å². The van der Waals surface area contributed by atoms with Gasteiger partial charge in [0, 0.05) is 61.3 Å². The van der Waals surface area contributed by atoms with Crippen LogP contribution in [0, 0.1) is 5.82 Å². The normalized spacial score (nSPS) is 14.4. The largest absolute Gasteiger partial charge is 0.497 e. The van der Waals surface area contributed by atoms with Crippen LogP contribution < -0.4 is 19.7 Å². The highest BCUT2D eigenvalue weighted by molar-refractivity contribution is 7.89. The predicted molar refractivity (Wildman–Crippen MR) is 131 cm³/mol. The number of methoxy groups -OCH3 is 2. The van der Waals surface area contributed by atoms with E-state index in [4.69, 9.17) is 9.47 Å². The SMILES string of the molecule is COc1cc(NC(=O)c2cccc(S(=O)(=O)N3CCN(c4ccc(F)cc4)CC3)c2)cc(OC)c1. The van der Waals surface area contributed by atoms with Crippen LogP contribution in [-0.4, -0.2) is 59.0 Å². The molecule has 1 aliphatic rings. The summed E-state index contributed by atoms with van der Waals surface area (Å²) in [5.74, 6) is 0.245. The number of nitrogens with one attached hydrogen (secondary N) is 1. The van der Waals surface area contributed by atoms with Crippen LogP contribution in [0.1, 0.15) is 10.4 Å². The fraction of sp³-hybridized carbons (Fsp3) is 0.240. The maximum atomic E-state index is 13.3. The number of benzene rings is 3. The lowest BCUT2D eigenvalue weighted by Crippen LogP contribution is -2.48. The van der Waals surface area contributed by atoms with Crippen molar-refractivity contribution in [3.05, 3.63) is 78.1 Å². The first kappa shape index (κ1) is 24.5. The van der Waals surface area contributed by atoms with Crippen molar-refractivity contribution in [3.63, 3.8) is 0 Å². The molecule has 10 heteroatoms. The Morgan fingerprint density at radius 3 is 2.11 bits per heavy atom. The van der Waals surface area contributed by atoms with Crippen molar-refractivity contribution < 1.29 is 27.1 Å².